The van der Waals surface area contributed by atoms with E-state index >= 15 is 0 Å². The first-order valence-corrected chi connectivity index (χ1v) is 8.64. The van der Waals surface area contributed by atoms with E-state index in [0.29, 0.717) is 17.1 Å². The van der Waals surface area contributed by atoms with Crippen LogP contribution >= 0.6 is 0 Å². The molecule has 0 saturated carbocycles. The number of hydrazone groups is 1. The van der Waals surface area contributed by atoms with Crippen molar-refractivity contribution >= 4 is 27.6 Å². The molecule has 0 bridgehead atoms. The van der Waals surface area contributed by atoms with Crippen LogP contribution in [0.4, 0.5) is 11.4 Å². The van der Waals surface area contributed by atoms with Crippen LogP contribution in [0.1, 0.15) is 5.56 Å². The lowest BCUT2D eigenvalue weighted by atomic mass is 10.2. The van der Waals surface area contributed by atoms with E-state index in [2.05, 4.69) is 10.5 Å². The third-order valence-corrected chi connectivity index (χ3v) is 4.23. The van der Waals surface area contributed by atoms with E-state index < -0.39 is 20.6 Å². The van der Waals surface area contributed by atoms with Crippen LogP contribution in [-0.4, -0.2) is 33.8 Å². The lowest BCUT2D eigenvalue weighted by Gasteiger charge is -2.09. The normalized spacial score (nSPS) is 11.3. The number of primary sulfonamides is 1. The number of methoxy groups -OCH3 is 2. The highest BCUT2D eigenvalue weighted by atomic mass is 32.2. The molecule has 0 aliphatic carbocycles. The highest BCUT2D eigenvalue weighted by Crippen LogP contribution is 2.30. The van der Waals surface area contributed by atoms with E-state index in [1.165, 1.54) is 26.5 Å². The zero-order valence-corrected chi connectivity index (χ0v) is 14.7. The summed E-state index contributed by atoms with van der Waals surface area (Å²) in [6.07, 6.45) is 1.39. The number of nitrogens with one attached hydrogen (secondary N) is 1. The van der Waals surface area contributed by atoms with Crippen LogP contribution in [0.5, 0.6) is 11.5 Å². The van der Waals surface area contributed by atoms with Gasteiger partial charge in [0.05, 0.1) is 30.3 Å². The van der Waals surface area contributed by atoms with Crippen LogP contribution in [0.15, 0.2) is 46.4 Å². The fourth-order valence-corrected chi connectivity index (χ4v) is 2.65. The molecule has 0 saturated heterocycles. The standard InChI is InChI=1S/C15H16N4O6S/c1-24-14-5-3-4-10(15(14)25-2)9-17-18-12-7-6-11(26(16,22)23)8-13(12)19(20)21/h3-9,18H,1-2H3,(H2,16,22,23)/b17-9-. The third kappa shape index (κ3) is 4.26. The average Bonchev–Trinajstić information content (AvgIpc) is 2.60. The number of hydrogen-bond donors (Lipinski definition) is 2. The fourth-order valence-electron chi connectivity index (χ4n) is 2.12. The van der Waals surface area contributed by atoms with E-state index in [9.17, 15) is 18.5 Å². The van der Waals surface area contributed by atoms with Crippen molar-refractivity contribution in [1.29, 1.82) is 0 Å². The van der Waals surface area contributed by atoms with Crippen LogP contribution in [0.25, 0.3) is 0 Å². The minimum absolute atomic E-state index is 0.000475. The third-order valence-electron chi connectivity index (χ3n) is 3.32. The van der Waals surface area contributed by atoms with Crippen molar-refractivity contribution in [3.05, 3.63) is 52.1 Å². The number of nitrogens with two attached hydrogens (primary N) is 1. The number of ether oxygens (including phenoxy) is 2. The quantitative estimate of drug-likeness (QED) is 0.422. The summed E-state index contributed by atoms with van der Waals surface area (Å²) in [4.78, 5) is 10.1. The van der Waals surface area contributed by atoms with Gasteiger partial charge in [-0.05, 0) is 24.3 Å². The van der Waals surface area contributed by atoms with E-state index in [4.69, 9.17) is 14.6 Å². The van der Waals surface area contributed by atoms with Gasteiger partial charge in [-0.25, -0.2) is 13.6 Å². The van der Waals surface area contributed by atoms with Gasteiger partial charge >= 0.3 is 0 Å². The zero-order valence-electron chi connectivity index (χ0n) is 13.9. The molecule has 11 heteroatoms. The summed E-state index contributed by atoms with van der Waals surface area (Å²) >= 11 is 0. The lowest BCUT2D eigenvalue weighted by molar-refractivity contribution is -0.384. The highest BCUT2D eigenvalue weighted by Gasteiger charge is 2.18. The number of anilines is 1. The molecule has 0 unspecified atom stereocenters. The molecule has 0 fully saturated rings. The number of sulfonamides is 1. The molecule has 0 aromatic heterocycles. The monoisotopic (exact) mass is 380 g/mol. The van der Waals surface area contributed by atoms with Crippen molar-refractivity contribution in [3.63, 3.8) is 0 Å². The molecule has 0 heterocycles. The molecule has 2 rings (SSSR count). The van der Waals surface area contributed by atoms with Gasteiger partial charge < -0.3 is 9.47 Å². The number of para-hydroxylation sites is 1. The molecule has 3 N–H and O–H groups in total. The number of benzene rings is 2. The van der Waals surface area contributed by atoms with Crippen molar-refractivity contribution < 1.29 is 22.8 Å². The van der Waals surface area contributed by atoms with Gasteiger partial charge in [0.25, 0.3) is 5.69 Å². The SMILES string of the molecule is COc1cccc(/C=N\Nc2ccc(S(N)(=O)=O)cc2[N+](=O)[O-])c1OC. The lowest BCUT2D eigenvalue weighted by Crippen LogP contribution is -2.12. The molecule has 0 radical (unpaired) electrons. The maximum atomic E-state index is 11.3. The Morgan fingerprint density at radius 3 is 2.54 bits per heavy atom. The fraction of sp³-hybridized carbons (Fsp3) is 0.133. The predicted molar refractivity (Wildman–Crippen MR) is 95.2 cm³/mol. The number of nitro groups is 1. The van der Waals surface area contributed by atoms with Crippen molar-refractivity contribution in [2.24, 2.45) is 10.2 Å². The Hall–Kier alpha value is -3.18. The minimum atomic E-state index is -4.06. The Morgan fingerprint density at radius 2 is 1.96 bits per heavy atom. The van der Waals surface area contributed by atoms with Gasteiger partial charge in [0, 0.05) is 11.6 Å². The summed E-state index contributed by atoms with van der Waals surface area (Å²) in [5, 5.41) is 20.1. The van der Waals surface area contributed by atoms with Crippen molar-refractivity contribution in [2.45, 2.75) is 4.90 Å². The van der Waals surface area contributed by atoms with Gasteiger partial charge in [-0.3, -0.25) is 15.5 Å². The van der Waals surface area contributed by atoms with E-state index in [1.807, 2.05) is 0 Å². The van der Waals surface area contributed by atoms with Gasteiger partial charge in [0.2, 0.25) is 10.0 Å². The Bertz CT molecular complexity index is 959. The Kier molecular flexibility index (Phi) is 5.75. The van der Waals surface area contributed by atoms with E-state index in [-0.39, 0.29) is 10.6 Å². The number of hydrogen-bond acceptors (Lipinski definition) is 8. The Balaban J connectivity index is 2.33. The van der Waals surface area contributed by atoms with Crippen LogP contribution in [0.2, 0.25) is 0 Å². The predicted octanol–water partition coefficient (Wildman–Crippen LogP) is 1.71. The molecule has 0 aliphatic rings. The summed E-state index contributed by atoms with van der Waals surface area (Å²) in [5.41, 5.74) is 2.60. The van der Waals surface area contributed by atoms with E-state index in [1.54, 1.807) is 18.2 Å². The smallest absolute Gasteiger partial charge is 0.295 e. The van der Waals surface area contributed by atoms with Crippen molar-refractivity contribution in [1.82, 2.24) is 0 Å². The van der Waals surface area contributed by atoms with Crippen molar-refractivity contribution in [3.8, 4) is 11.5 Å². The summed E-state index contributed by atoms with van der Waals surface area (Å²) in [6.45, 7) is 0. The van der Waals surface area contributed by atoms with Crippen LogP contribution in [0, 0.1) is 10.1 Å². The van der Waals surface area contributed by atoms with Gasteiger partial charge in [0.15, 0.2) is 11.5 Å². The Morgan fingerprint density at radius 1 is 1.23 bits per heavy atom. The molecule has 2 aromatic carbocycles. The molecular weight excluding hydrogens is 364 g/mol. The molecule has 26 heavy (non-hydrogen) atoms. The maximum absolute atomic E-state index is 11.3. The van der Waals surface area contributed by atoms with Crippen molar-refractivity contribution in [2.75, 3.05) is 19.6 Å². The first-order valence-electron chi connectivity index (χ1n) is 7.09. The van der Waals surface area contributed by atoms with E-state index in [0.717, 1.165) is 12.1 Å². The first kappa shape index (κ1) is 19.1. The summed E-state index contributed by atoms with van der Waals surface area (Å²) in [5.74, 6) is 0.944. The molecule has 0 aliphatic heterocycles. The maximum Gasteiger partial charge on any atom is 0.295 e. The average molecular weight is 380 g/mol. The molecule has 138 valence electrons. The van der Waals surface area contributed by atoms with Crippen LogP contribution in [0.3, 0.4) is 0 Å². The molecule has 0 atom stereocenters. The first-order chi connectivity index (χ1) is 12.3. The molecule has 0 spiro atoms. The minimum Gasteiger partial charge on any atom is -0.493 e. The summed E-state index contributed by atoms with van der Waals surface area (Å²) in [7, 11) is -1.09. The summed E-state index contributed by atoms with van der Waals surface area (Å²) < 4.78 is 33.1. The zero-order chi connectivity index (χ0) is 19.3. The molecule has 10 nitrogen and oxygen atoms in total. The number of nitro benzene ring substituents is 1. The van der Waals surface area contributed by atoms with Crippen LogP contribution < -0.4 is 20.0 Å². The number of nitrogens with zero attached hydrogens (tertiary/aromatic N) is 2. The Labute approximate surface area is 149 Å². The molecule has 0 amide bonds. The second kappa shape index (κ2) is 7.80. The number of rotatable bonds is 7. The second-order valence-electron chi connectivity index (χ2n) is 4.93. The largest absolute Gasteiger partial charge is 0.493 e. The van der Waals surface area contributed by atoms with Gasteiger partial charge in [-0.2, -0.15) is 5.10 Å². The van der Waals surface area contributed by atoms with Crippen LogP contribution in [-0.2, 0) is 10.0 Å². The van der Waals surface area contributed by atoms with Gasteiger partial charge in [-0.1, -0.05) is 6.07 Å². The molecule has 2 aromatic rings. The molecular formula is C15H16N4O6S. The topological polar surface area (TPSA) is 146 Å². The highest BCUT2D eigenvalue weighted by molar-refractivity contribution is 7.89. The van der Waals surface area contributed by atoms with Gasteiger partial charge in [-0.15, -0.1) is 0 Å². The van der Waals surface area contributed by atoms with Gasteiger partial charge in [0.1, 0.15) is 5.69 Å². The summed E-state index contributed by atoms with van der Waals surface area (Å²) in [6, 6.07) is 8.36. The second-order valence-corrected chi connectivity index (χ2v) is 6.50.